The second-order valence-corrected chi connectivity index (χ2v) is 6.85. The van der Waals surface area contributed by atoms with E-state index in [1.807, 2.05) is 20.8 Å². The molecule has 1 N–H and O–H groups in total. The quantitative estimate of drug-likeness (QED) is 0.378. The fourth-order valence-corrected chi connectivity index (χ4v) is 2.81. The van der Waals surface area contributed by atoms with Crippen LogP contribution >= 0.6 is 0 Å². The number of unbranched alkanes of at least 4 members (excludes halogenated alkanes) is 2. The summed E-state index contributed by atoms with van der Waals surface area (Å²) in [6.07, 6.45) is 4.53. The Bertz CT molecular complexity index is 631. The normalized spacial score (nSPS) is 12.9. The first-order valence-electron chi connectivity index (χ1n) is 10.3. The highest BCUT2D eigenvalue weighted by atomic mass is 16.5. The van der Waals surface area contributed by atoms with Gasteiger partial charge in [-0.2, -0.15) is 0 Å². The van der Waals surface area contributed by atoms with Gasteiger partial charge in [-0.1, -0.05) is 33.1 Å². The largest absolute Gasteiger partial charge is 0.493 e. The number of nitrogens with one attached hydrogen (secondary N) is 1. The Hall–Kier alpha value is -2.08. The Labute approximate surface area is 168 Å². The minimum absolute atomic E-state index is 0.212. The van der Waals surface area contributed by atoms with Gasteiger partial charge >= 0.3 is 5.97 Å². The van der Waals surface area contributed by atoms with Gasteiger partial charge in [0.25, 0.3) is 5.91 Å². The lowest BCUT2D eigenvalue weighted by Gasteiger charge is -2.29. The van der Waals surface area contributed by atoms with Crippen LogP contribution in [-0.2, 0) is 14.3 Å². The van der Waals surface area contributed by atoms with Gasteiger partial charge in [-0.3, -0.25) is 4.79 Å². The molecule has 0 fully saturated rings. The minimum Gasteiger partial charge on any atom is -0.493 e. The predicted molar refractivity (Wildman–Crippen MR) is 111 cm³/mol. The van der Waals surface area contributed by atoms with Gasteiger partial charge in [-0.05, 0) is 51.8 Å². The lowest BCUT2D eigenvalue weighted by molar-refractivity contribution is -0.140. The number of hydrogen-bond acceptors (Lipinski definition) is 5. The third kappa shape index (κ3) is 7.15. The summed E-state index contributed by atoms with van der Waals surface area (Å²) in [6.45, 7) is 10.8. The average molecular weight is 394 g/mol. The van der Waals surface area contributed by atoms with Gasteiger partial charge in [-0.25, -0.2) is 4.79 Å². The van der Waals surface area contributed by atoms with Gasteiger partial charge in [-0.15, -0.1) is 0 Å². The summed E-state index contributed by atoms with van der Waals surface area (Å²) < 4.78 is 16.5. The number of ether oxygens (including phenoxy) is 3. The van der Waals surface area contributed by atoms with Gasteiger partial charge in [0.15, 0.2) is 0 Å². The van der Waals surface area contributed by atoms with Crippen molar-refractivity contribution in [1.29, 1.82) is 0 Å². The molecule has 6 nitrogen and oxygen atoms in total. The molecule has 28 heavy (non-hydrogen) atoms. The first-order valence-corrected chi connectivity index (χ1v) is 10.3. The fraction of sp³-hybridized carbons (Fsp3) is 0.636. The highest BCUT2D eigenvalue weighted by Crippen LogP contribution is 2.27. The van der Waals surface area contributed by atoms with Gasteiger partial charge in [0.05, 0.1) is 13.2 Å². The van der Waals surface area contributed by atoms with E-state index in [9.17, 15) is 9.59 Å². The van der Waals surface area contributed by atoms with Crippen molar-refractivity contribution in [2.45, 2.75) is 72.3 Å². The zero-order valence-corrected chi connectivity index (χ0v) is 17.9. The molecule has 0 bridgehead atoms. The Morgan fingerprint density at radius 1 is 1.04 bits per heavy atom. The number of amides is 1. The van der Waals surface area contributed by atoms with Crippen molar-refractivity contribution >= 4 is 17.6 Å². The van der Waals surface area contributed by atoms with E-state index in [-0.39, 0.29) is 12.5 Å². The molecule has 0 spiro atoms. The van der Waals surface area contributed by atoms with Crippen LogP contribution in [0.1, 0.15) is 77.1 Å². The maximum atomic E-state index is 13.0. The van der Waals surface area contributed by atoms with Crippen molar-refractivity contribution in [3.8, 4) is 5.75 Å². The molecule has 0 aliphatic carbocycles. The molecule has 1 atom stereocenters. The van der Waals surface area contributed by atoms with E-state index in [1.165, 1.54) is 0 Å². The highest BCUT2D eigenvalue weighted by molar-refractivity contribution is 5.99. The molecule has 1 aromatic rings. The number of benzene rings is 1. The fourth-order valence-electron chi connectivity index (χ4n) is 2.81. The van der Waals surface area contributed by atoms with Gasteiger partial charge in [0.2, 0.25) is 0 Å². The van der Waals surface area contributed by atoms with Crippen molar-refractivity contribution < 1.29 is 23.8 Å². The Morgan fingerprint density at radius 2 is 1.79 bits per heavy atom. The molecule has 0 saturated heterocycles. The predicted octanol–water partition coefficient (Wildman–Crippen LogP) is 4.97. The third-order valence-electron chi connectivity index (χ3n) is 4.40. The molecule has 0 aliphatic heterocycles. The molecule has 0 saturated carbocycles. The van der Waals surface area contributed by atoms with Crippen molar-refractivity contribution in [3.63, 3.8) is 0 Å². The van der Waals surface area contributed by atoms with E-state index >= 15 is 0 Å². The van der Waals surface area contributed by atoms with Crippen LogP contribution < -0.4 is 10.1 Å². The molecule has 1 amide bonds. The second kappa shape index (κ2) is 12.4. The van der Waals surface area contributed by atoms with Crippen LogP contribution in [0.4, 0.5) is 5.69 Å². The van der Waals surface area contributed by atoms with E-state index in [4.69, 9.17) is 14.2 Å². The van der Waals surface area contributed by atoms with Crippen LogP contribution in [0, 0.1) is 0 Å². The van der Waals surface area contributed by atoms with Crippen LogP contribution in [-0.4, -0.2) is 37.3 Å². The molecular weight excluding hydrogens is 358 g/mol. The maximum absolute atomic E-state index is 13.0. The molecule has 1 unspecified atom stereocenters. The summed E-state index contributed by atoms with van der Waals surface area (Å²) in [5.41, 5.74) is -0.101. The zero-order chi connectivity index (χ0) is 21.0. The first-order chi connectivity index (χ1) is 13.4. The Morgan fingerprint density at radius 3 is 2.39 bits per heavy atom. The van der Waals surface area contributed by atoms with Crippen LogP contribution in [0.15, 0.2) is 18.2 Å². The summed E-state index contributed by atoms with van der Waals surface area (Å²) in [7, 11) is 0. The third-order valence-corrected chi connectivity index (χ3v) is 4.40. The van der Waals surface area contributed by atoms with Crippen LogP contribution in [0.3, 0.4) is 0 Å². The topological polar surface area (TPSA) is 73.9 Å². The number of anilines is 1. The Balaban J connectivity index is 3.02. The second-order valence-electron chi connectivity index (χ2n) is 6.85. The molecule has 6 heteroatoms. The average Bonchev–Trinajstić information content (AvgIpc) is 2.68. The van der Waals surface area contributed by atoms with Crippen molar-refractivity contribution in [2.75, 3.05) is 25.1 Å². The van der Waals surface area contributed by atoms with E-state index < -0.39 is 11.6 Å². The zero-order valence-electron chi connectivity index (χ0n) is 17.9. The lowest BCUT2D eigenvalue weighted by atomic mass is 9.96. The van der Waals surface area contributed by atoms with E-state index in [2.05, 4.69) is 12.2 Å². The van der Waals surface area contributed by atoms with Gasteiger partial charge in [0, 0.05) is 12.3 Å². The summed E-state index contributed by atoms with van der Waals surface area (Å²) in [5.74, 6) is -0.252. The smallest absolute Gasteiger partial charge is 0.341 e. The standard InChI is InChI=1S/C22H35NO5/c1-6-10-11-14-22(5,28-15-7-2)21(25)23-17-12-13-19(26-8-3)18(16-17)20(24)27-9-4/h12-13,16H,6-11,14-15H2,1-5H3,(H,23,25). The maximum Gasteiger partial charge on any atom is 0.341 e. The first kappa shape index (κ1) is 24.0. The molecule has 158 valence electrons. The molecule has 0 radical (unpaired) electrons. The summed E-state index contributed by atoms with van der Waals surface area (Å²) >= 11 is 0. The van der Waals surface area contributed by atoms with E-state index in [0.29, 0.717) is 36.6 Å². The van der Waals surface area contributed by atoms with Gasteiger partial charge in [0.1, 0.15) is 16.9 Å². The number of hydrogen-bond donors (Lipinski definition) is 1. The minimum atomic E-state index is -0.909. The number of rotatable bonds is 13. The van der Waals surface area contributed by atoms with Crippen LogP contribution in [0.25, 0.3) is 0 Å². The van der Waals surface area contributed by atoms with E-state index in [1.54, 1.807) is 25.1 Å². The van der Waals surface area contributed by atoms with Crippen LogP contribution in [0.5, 0.6) is 5.75 Å². The summed E-state index contributed by atoms with van der Waals surface area (Å²) in [6, 6.07) is 4.98. The van der Waals surface area contributed by atoms with Crippen LogP contribution in [0.2, 0.25) is 0 Å². The number of carbonyl (C=O) groups is 2. The number of esters is 1. The molecule has 0 aromatic heterocycles. The molecule has 1 aromatic carbocycles. The summed E-state index contributed by atoms with van der Waals surface area (Å²) in [5, 5.41) is 2.90. The Kier molecular flexibility index (Phi) is 10.6. The monoisotopic (exact) mass is 393 g/mol. The molecule has 0 heterocycles. The van der Waals surface area contributed by atoms with Gasteiger partial charge < -0.3 is 19.5 Å². The van der Waals surface area contributed by atoms with Crippen molar-refractivity contribution in [2.24, 2.45) is 0 Å². The van der Waals surface area contributed by atoms with Crippen molar-refractivity contribution in [3.05, 3.63) is 23.8 Å². The molecular formula is C22H35NO5. The molecule has 1 rings (SSSR count). The highest BCUT2D eigenvalue weighted by Gasteiger charge is 2.33. The summed E-state index contributed by atoms with van der Waals surface area (Å²) in [4.78, 5) is 25.2. The SMILES string of the molecule is CCCCCC(C)(OCCC)C(=O)Nc1ccc(OCC)c(C(=O)OCC)c1. The van der Waals surface area contributed by atoms with Crippen molar-refractivity contribution in [1.82, 2.24) is 0 Å². The lowest BCUT2D eigenvalue weighted by Crippen LogP contribution is -2.43. The van der Waals surface area contributed by atoms with E-state index in [0.717, 1.165) is 25.7 Å². The molecule has 0 aliphatic rings. The number of carbonyl (C=O) groups excluding carboxylic acids is 2.